The summed E-state index contributed by atoms with van der Waals surface area (Å²) in [7, 11) is 0. The third-order valence-corrected chi connectivity index (χ3v) is 3.78. The fourth-order valence-electron chi connectivity index (χ4n) is 2.42. The van der Waals surface area contributed by atoms with Crippen LogP contribution in [0.1, 0.15) is 5.56 Å². The smallest absolute Gasteiger partial charge is 0.266 e. The van der Waals surface area contributed by atoms with Gasteiger partial charge in [-0.3, -0.25) is 4.79 Å². The van der Waals surface area contributed by atoms with Crippen LogP contribution in [0.3, 0.4) is 0 Å². The maximum atomic E-state index is 12.0. The lowest BCUT2D eigenvalue weighted by Gasteiger charge is -2.14. The van der Waals surface area contributed by atoms with Crippen molar-refractivity contribution in [1.82, 2.24) is 9.78 Å². The van der Waals surface area contributed by atoms with Crippen molar-refractivity contribution < 1.29 is 9.84 Å². The van der Waals surface area contributed by atoms with Crippen molar-refractivity contribution in [2.75, 3.05) is 6.61 Å². The van der Waals surface area contributed by atoms with Crippen LogP contribution in [0.25, 0.3) is 11.3 Å². The summed E-state index contributed by atoms with van der Waals surface area (Å²) >= 11 is 0. The van der Waals surface area contributed by atoms with Crippen molar-refractivity contribution in [2.45, 2.75) is 19.6 Å². The molecule has 0 radical (unpaired) electrons. The third kappa shape index (κ3) is 4.55. The van der Waals surface area contributed by atoms with Gasteiger partial charge in [-0.1, -0.05) is 48.0 Å². The minimum Gasteiger partial charge on any atom is -0.491 e. The molecular weight excluding hydrogens is 316 g/mol. The normalized spacial score (nSPS) is 11.9. The van der Waals surface area contributed by atoms with Crippen molar-refractivity contribution in [2.24, 2.45) is 0 Å². The predicted molar refractivity (Wildman–Crippen MR) is 96.6 cm³/mol. The number of benzene rings is 2. The van der Waals surface area contributed by atoms with Gasteiger partial charge in [0, 0.05) is 11.6 Å². The number of aryl methyl sites for hydroxylation is 1. The monoisotopic (exact) mass is 336 g/mol. The molecule has 1 atom stereocenters. The number of hydrogen-bond donors (Lipinski definition) is 1. The first-order valence-electron chi connectivity index (χ1n) is 8.13. The summed E-state index contributed by atoms with van der Waals surface area (Å²) in [4.78, 5) is 12.0. The fourth-order valence-corrected chi connectivity index (χ4v) is 2.42. The summed E-state index contributed by atoms with van der Waals surface area (Å²) in [6.07, 6.45) is -0.836. The van der Waals surface area contributed by atoms with Crippen LogP contribution in [0.4, 0.5) is 0 Å². The van der Waals surface area contributed by atoms with Crippen LogP contribution in [-0.2, 0) is 6.54 Å². The summed E-state index contributed by atoms with van der Waals surface area (Å²) in [5.41, 5.74) is 2.49. The summed E-state index contributed by atoms with van der Waals surface area (Å²) in [5, 5.41) is 14.5. The van der Waals surface area contributed by atoms with E-state index in [0.29, 0.717) is 11.4 Å². The Labute approximate surface area is 146 Å². The largest absolute Gasteiger partial charge is 0.491 e. The molecule has 5 nitrogen and oxygen atoms in total. The Bertz CT molecular complexity index is 873. The Morgan fingerprint density at radius 2 is 1.76 bits per heavy atom. The first-order valence-corrected chi connectivity index (χ1v) is 8.13. The maximum Gasteiger partial charge on any atom is 0.266 e. The zero-order valence-electron chi connectivity index (χ0n) is 14.0. The molecule has 1 aromatic heterocycles. The zero-order valence-corrected chi connectivity index (χ0v) is 14.0. The average molecular weight is 336 g/mol. The maximum absolute atomic E-state index is 12.0. The van der Waals surface area contributed by atoms with E-state index >= 15 is 0 Å². The van der Waals surface area contributed by atoms with Gasteiger partial charge in [-0.25, -0.2) is 4.68 Å². The van der Waals surface area contributed by atoms with E-state index in [1.54, 1.807) is 6.07 Å². The van der Waals surface area contributed by atoms with E-state index in [4.69, 9.17) is 4.74 Å². The van der Waals surface area contributed by atoms with Crippen molar-refractivity contribution >= 4 is 0 Å². The molecule has 5 heteroatoms. The highest BCUT2D eigenvalue weighted by Gasteiger charge is 2.10. The molecule has 25 heavy (non-hydrogen) atoms. The standard InChI is InChI=1S/C20H20N2O3/c1-15-7-9-18(10-8-15)25-14-17(23)13-22-20(24)12-11-19(21-22)16-5-3-2-4-6-16/h2-12,17,23H,13-14H2,1H3. The van der Waals surface area contributed by atoms with Gasteiger partial charge in [-0.05, 0) is 25.1 Å². The second-order valence-electron chi connectivity index (χ2n) is 5.88. The molecule has 3 aromatic rings. The summed E-state index contributed by atoms with van der Waals surface area (Å²) < 4.78 is 6.83. The van der Waals surface area contributed by atoms with E-state index < -0.39 is 6.10 Å². The number of nitrogens with zero attached hydrogens (tertiary/aromatic N) is 2. The van der Waals surface area contributed by atoms with E-state index in [9.17, 15) is 9.90 Å². The SMILES string of the molecule is Cc1ccc(OCC(O)Cn2nc(-c3ccccc3)ccc2=O)cc1. The minimum absolute atomic E-state index is 0.0748. The van der Waals surface area contributed by atoms with Crippen LogP contribution in [0, 0.1) is 6.92 Å². The van der Waals surface area contributed by atoms with Gasteiger partial charge in [0.1, 0.15) is 18.5 Å². The zero-order chi connectivity index (χ0) is 17.6. The molecule has 0 amide bonds. The van der Waals surface area contributed by atoms with Crippen LogP contribution in [0.5, 0.6) is 5.75 Å². The Kier molecular flexibility index (Phi) is 5.26. The number of aromatic nitrogens is 2. The van der Waals surface area contributed by atoms with Crippen molar-refractivity contribution in [3.8, 4) is 17.0 Å². The van der Waals surface area contributed by atoms with E-state index in [1.807, 2.05) is 61.5 Å². The lowest BCUT2D eigenvalue weighted by molar-refractivity contribution is 0.0880. The van der Waals surface area contributed by atoms with Gasteiger partial charge in [-0.2, -0.15) is 5.10 Å². The molecular formula is C20H20N2O3. The van der Waals surface area contributed by atoms with Crippen LogP contribution in [0.2, 0.25) is 0 Å². The quantitative estimate of drug-likeness (QED) is 0.752. The highest BCUT2D eigenvalue weighted by Crippen LogP contribution is 2.14. The van der Waals surface area contributed by atoms with Crippen LogP contribution in [0.15, 0.2) is 71.5 Å². The second-order valence-corrected chi connectivity index (χ2v) is 5.88. The van der Waals surface area contributed by atoms with E-state index in [1.165, 1.54) is 10.7 Å². The molecule has 3 rings (SSSR count). The van der Waals surface area contributed by atoms with Gasteiger partial charge >= 0.3 is 0 Å². The summed E-state index contributed by atoms with van der Waals surface area (Å²) in [5.74, 6) is 0.683. The van der Waals surface area contributed by atoms with Gasteiger partial charge in [0.05, 0.1) is 12.2 Å². The molecule has 0 aliphatic carbocycles. The minimum atomic E-state index is -0.836. The highest BCUT2D eigenvalue weighted by molar-refractivity contribution is 5.57. The van der Waals surface area contributed by atoms with Crippen LogP contribution < -0.4 is 10.3 Å². The van der Waals surface area contributed by atoms with Crippen molar-refractivity contribution in [3.05, 3.63) is 82.6 Å². The van der Waals surface area contributed by atoms with E-state index in [2.05, 4.69) is 5.10 Å². The second kappa shape index (κ2) is 7.77. The number of ether oxygens (including phenoxy) is 1. The topological polar surface area (TPSA) is 64.3 Å². The lowest BCUT2D eigenvalue weighted by atomic mass is 10.1. The third-order valence-electron chi connectivity index (χ3n) is 3.78. The number of aliphatic hydroxyl groups is 1. The number of hydrogen-bond acceptors (Lipinski definition) is 4. The molecule has 2 aromatic carbocycles. The number of rotatable bonds is 6. The van der Waals surface area contributed by atoms with E-state index in [0.717, 1.165) is 11.1 Å². The Balaban J connectivity index is 1.67. The fraction of sp³-hybridized carbons (Fsp3) is 0.200. The van der Waals surface area contributed by atoms with Gasteiger partial charge in [0.25, 0.3) is 5.56 Å². The Morgan fingerprint density at radius 1 is 1.04 bits per heavy atom. The molecule has 0 bridgehead atoms. The lowest BCUT2D eigenvalue weighted by Crippen LogP contribution is -2.31. The molecule has 128 valence electrons. The molecule has 0 spiro atoms. The first-order chi connectivity index (χ1) is 12.1. The summed E-state index contributed by atoms with van der Waals surface area (Å²) in [6, 6.07) is 20.3. The van der Waals surface area contributed by atoms with Crippen molar-refractivity contribution in [3.63, 3.8) is 0 Å². The first kappa shape index (κ1) is 16.9. The van der Waals surface area contributed by atoms with Crippen molar-refractivity contribution in [1.29, 1.82) is 0 Å². The van der Waals surface area contributed by atoms with Crippen LogP contribution >= 0.6 is 0 Å². The molecule has 0 fully saturated rings. The molecule has 1 heterocycles. The Morgan fingerprint density at radius 3 is 2.48 bits per heavy atom. The molecule has 0 saturated carbocycles. The van der Waals surface area contributed by atoms with E-state index in [-0.39, 0.29) is 18.7 Å². The summed E-state index contributed by atoms with van der Waals surface area (Å²) in [6.45, 7) is 2.16. The molecule has 1 unspecified atom stereocenters. The number of aliphatic hydroxyl groups excluding tert-OH is 1. The van der Waals surface area contributed by atoms with Gasteiger partial charge in [0.2, 0.25) is 0 Å². The van der Waals surface area contributed by atoms with Gasteiger partial charge in [0.15, 0.2) is 0 Å². The van der Waals surface area contributed by atoms with Gasteiger partial charge in [-0.15, -0.1) is 0 Å². The average Bonchev–Trinajstić information content (AvgIpc) is 2.64. The Hall–Kier alpha value is -2.92. The highest BCUT2D eigenvalue weighted by atomic mass is 16.5. The molecule has 1 N–H and O–H groups in total. The predicted octanol–water partition coefficient (Wildman–Crippen LogP) is 2.66. The molecule has 0 aliphatic heterocycles. The van der Waals surface area contributed by atoms with Gasteiger partial charge < -0.3 is 9.84 Å². The molecule has 0 aliphatic rings. The van der Waals surface area contributed by atoms with Crippen LogP contribution in [-0.4, -0.2) is 27.6 Å². The molecule has 0 saturated heterocycles.